The van der Waals surface area contributed by atoms with Crippen LogP contribution in [0.5, 0.6) is 0 Å². The Morgan fingerprint density at radius 2 is 2.16 bits per heavy atom. The Balaban J connectivity index is 2.27. The number of aliphatic carboxylic acids is 1. The van der Waals surface area contributed by atoms with E-state index in [-0.39, 0.29) is 0 Å². The average molecular weight is 259 g/mol. The van der Waals surface area contributed by atoms with Gasteiger partial charge in [-0.15, -0.1) is 0 Å². The van der Waals surface area contributed by atoms with Gasteiger partial charge < -0.3 is 5.11 Å². The fourth-order valence-corrected chi connectivity index (χ4v) is 1.84. The predicted octanol–water partition coefficient (Wildman–Crippen LogP) is 2.23. The van der Waals surface area contributed by atoms with E-state index >= 15 is 0 Å². The van der Waals surface area contributed by atoms with E-state index < -0.39 is 11.4 Å². The Morgan fingerprint density at radius 3 is 2.74 bits per heavy atom. The quantitative estimate of drug-likeness (QED) is 0.914. The van der Waals surface area contributed by atoms with Crippen molar-refractivity contribution in [2.75, 3.05) is 0 Å². The summed E-state index contributed by atoms with van der Waals surface area (Å²) in [4.78, 5) is 12.7. The summed E-state index contributed by atoms with van der Waals surface area (Å²) in [6.07, 6.45) is 2.16. The number of benzene rings is 1. The highest BCUT2D eigenvalue weighted by atomic mass is 16.4. The van der Waals surface area contributed by atoms with E-state index in [1.165, 1.54) is 0 Å². The van der Waals surface area contributed by atoms with E-state index in [9.17, 15) is 4.79 Å². The number of carbonyl (C=O) groups is 1. The Hall–Kier alpha value is -2.17. The van der Waals surface area contributed by atoms with E-state index in [1.807, 2.05) is 31.2 Å². The topological polar surface area (TPSA) is 68.0 Å². The van der Waals surface area contributed by atoms with Gasteiger partial charge in [-0.3, -0.25) is 4.79 Å². The van der Waals surface area contributed by atoms with Gasteiger partial charge in [-0.2, -0.15) is 15.0 Å². The fraction of sp³-hybridized carbons (Fsp3) is 0.357. The van der Waals surface area contributed by atoms with Crippen molar-refractivity contribution in [2.45, 2.75) is 27.2 Å². The molecule has 2 aromatic rings. The summed E-state index contributed by atoms with van der Waals surface area (Å²) in [5.74, 6) is -0.800. The molecule has 2 rings (SSSR count). The first-order valence-electron chi connectivity index (χ1n) is 6.10. The summed E-state index contributed by atoms with van der Waals surface area (Å²) in [6, 6.07) is 7.63. The van der Waals surface area contributed by atoms with Gasteiger partial charge in [0.15, 0.2) is 0 Å². The lowest BCUT2D eigenvalue weighted by Gasteiger charge is -2.19. The molecule has 0 bridgehead atoms. The van der Waals surface area contributed by atoms with E-state index in [0.29, 0.717) is 6.42 Å². The monoisotopic (exact) mass is 259 g/mol. The first-order chi connectivity index (χ1) is 8.88. The molecule has 1 aromatic heterocycles. The molecule has 0 aliphatic rings. The minimum atomic E-state index is -0.800. The van der Waals surface area contributed by atoms with Gasteiger partial charge >= 0.3 is 5.97 Å². The van der Waals surface area contributed by atoms with Crippen molar-refractivity contribution >= 4 is 5.97 Å². The van der Waals surface area contributed by atoms with Gasteiger partial charge in [0.1, 0.15) is 0 Å². The Bertz CT molecular complexity index is 602. The van der Waals surface area contributed by atoms with Crippen molar-refractivity contribution < 1.29 is 9.90 Å². The van der Waals surface area contributed by atoms with Crippen LogP contribution in [-0.2, 0) is 11.2 Å². The van der Waals surface area contributed by atoms with Crippen molar-refractivity contribution in [1.29, 1.82) is 0 Å². The minimum absolute atomic E-state index is 0.469. The maximum absolute atomic E-state index is 11.2. The zero-order valence-corrected chi connectivity index (χ0v) is 11.3. The van der Waals surface area contributed by atoms with Crippen molar-refractivity contribution in [3.63, 3.8) is 0 Å². The lowest BCUT2D eigenvalue weighted by Crippen LogP contribution is -2.26. The molecule has 0 aliphatic heterocycles. The number of carboxylic acid groups (broad SMARTS) is 1. The molecule has 0 radical (unpaired) electrons. The molecule has 1 aromatic carbocycles. The second-order valence-corrected chi connectivity index (χ2v) is 5.31. The molecule has 5 heteroatoms. The number of rotatable bonds is 4. The smallest absolute Gasteiger partial charge is 0.309 e. The van der Waals surface area contributed by atoms with Crippen molar-refractivity contribution in [3.05, 3.63) is 41.7 Å². The molecular formula is C14H17N3O2. The number of carboxylic acids is 1. The normalized spacial score (nSPS) is 11.5. The first kappa shape index (κ1) is 13.3. The van der Waals surface area contributed by atoms with Gasteiger partial charge in [0.05, 0.1) is 23.0 Å². The highest BCUT2D eigenvalue weighted by Gasteiger charge is 2.27. The Kier molecular flexibility index (Phi) is 3.38. The van der Waals surface area contributed by atoms with Crippen molar-refractivity contribution in [2.24, 2.45) is 5.41 Å². The van der Waals surface area contributed by atoms with E-state index in [0.717, 1.165) is 16.9 Å². The van der Waals surface area contributed by atoms with Gasteiger partial charge in [-0.25, -0.2) is 0 Å². The molecule has 0 saturated heterocycles. The standard InChI is InChI=1S/C14H17N3O2/c1-10-9-15-17(16-10)12-6-4-5-11(7-12)8-14(2,3)13(18)19/h4-7,9H,8H2,1-3H3,(H,18,19). The summed E-state index contributed by atoms with van der Waals surface area (Å²) in [5.41, 5.74) is 1.86. The Morgan fingerprint density at radius 1 is 1.42 bits per heavy atom. The van der Waals surface area contributed by atoms with Crippen LogP contribution in [0.1, 0.15) is 25.1 Å². The van der Waals surface area contributed by atoms with Gasteiger partial charge in [0, 0.05) is 0 Å². The maximum atomic E-state index is 11.2. The number of aryl methyl sites for hydroxylation is 1. The largest absolute Gasteiger partial charge is 0.481 e. The molecule has 0 saturated carbocycles. The van der Waals surface area contributed by atoms with Crippen LogP contribution in [0.3, 0.4) is 0 Å². The SMILES string of the molecule is Cc1cnn(-c2cccc(CC(C)(C)C(=O)O)c2)n1. The van der Waals surface area contributed by atoms with Crippen LogP contribution in [0.25, 0.3) is 5.69 Å². The summed E-state index contributed by atoms with van der Waals surface area (Å²) in [7, 11) is 0. The summed E-state index contributed by atoms with van der Waals surface area (Å²) >= 11 is 0. The van der Waals surface area contributed by atoms with Crippen molar-refractivity contribution in [3.8, 4) is 5.69 Å². The maximum Gasteiger partial charge on any atom is 0.309 e. The number of hydrogen-bond acceptors (Lipinski definition) is 3. The lowest BCUT2D eigenvalue weighted by atomic mass is 9.86. The second kappa shape index (κ2) is 4.84. The van der Waals surface area contributed by atoms with Crippen molar-refractivity contribution in [1.82, 2.24) is 15.0 Å². The molecule has 1 heterocycles. The molecular weight excluding hydrogens is 242 g/mol. The van der Waals surface area contributed by atoms with Crippen LogP contribution >= 0.6 is 0 Å². The molecule has 0 aliphatic carbocycles. The van der Waals surface area contributed by atoms with Gasteiger partial charge in [-0.1, -0.05) is 12.1 Å². The highest BCUT2D eigenvalue weighted by Crippen LogP contribution is 2.23. The summed E-state index contributed by atoms with van der Waals surface area (Å²) in [5, 5.41) is 17.6. The molecule has 100 valence electrons. The minimum Gasteiger partial charge on any atom is -0.481 e. The predicted molar refractivity (Wildman–Crippen MR) is 71.2 cm³/mol. The average Bonchev–Trinajstić information content (AvgIpc) is 2.75. The van der Waals surface area contributed by atoms with Crippen LogP contribution in [0.4, 0.5) is 0 Å². The number of hydrogen-bond donors (Lipinski definition) is 1. The third-order valence-corrected chi connectivity index (χ3v) is 2.97. The van der Waals surface area contributed by atoms with Crippen LogP contribution in [-0.4, -0.2) is 26.1 Å². The van der Waals surface area contributed by atoms with Gasteiger partial charge in [-0.05, 0) is 44.9 Å². The summed E-state index contributed by atoms with van der Waals surface area (Å²) < 4.78 is 0. The van der Waals surface area contributed by atoms with Gasteiger partial charge in [0.25, 0.3) is 0 Å². The van der Waals surface area contributed by atoms with Crippen LogP contribution in [0.15, 0.2) is 30.5 Å². The number of aromatic nitrogens is 3. The third kappa shape index (κ3) is 2.99. The number of nitrogens with zero attached hydrogens (tertiary/aromatic N) is 3. The van der Waals surface area contributed by atoms with Crippen LogP contribution in [0, 0.1) is 12.3 Å². The fourth-order valence-electron chi connectivity index (χ4n) is 1.84. The Labute approximate surface area is 111 Å². The van der Waals surface area contributed by atoms with Crippen LogP contribution in [0.2, 0.25) is 0 Å². The molecule has 5 nitrogen and oxygen atoms in total. The molecule has 0 spiro atoms. The molecule has 0 unspecified atom stereocenters. The van der Waals surface area contributed by atoms with Crippen LogP contribution < -0.4 is 0 Å². The lowest BCUT2D eigenvalue weighted by molar-refractivity contribution is -0.146. The van der Waals surface area contributed by atoms with Gasteiger partial charge in [0.2, 0.25) is 0 Å². The molecule has 1 N–H and O–H groups in total. The van der Waals surface area contributed by atoms with E-state index in [1.54, 1.807) is 24.8 Å². The zero-order chi connectivity index (χ0) is 14.0. The molecule has 19 heavy (non-hydrogen) atoms. The molecule has 0 fully saturated rings. The second-order valence-electron chi connectivity index (χ2n) is 5.31. The highest BCUT2D eigenvalue weighted by molar-refractivity contribution is 5.74. The van der Waals surface area contributed by atoms with E-state index in [2.05, 4.69) is 10.2 Å². The van der Waals surface area contributed by atoms with E-state index in [4.69, 9.17) is 5.11 Å². The molecule has 0 amide bonds. The summed E-state index contributed by atoms with van der Waals surface area (Å²) in [6.45, 7) is 5.32. The zero-order valence-electron chi connectivity index (χ0n) is 11.3. The first-order valence-corrected chi connectivity index (χ1v) is 6.10. The third-order valence-electron chi connectivity index (χ3n) is 2.97. The molecule has 0 atom stereocenters.